The summed E-state index contributed by atoms with van der Waals surface area (Å²) in [5.74, 6) is -5.53. The van der Waals surface area contributed by atoms with Crippen LogP contribution in [-0.4, -0.2) is 69.0 Å². The topological polar surface area (TPSA) is 204 Å². The normalized spacial score (nSPS) is 14.0. The highest BCUT2D eigenvalue weighted by Gasteiger charge is 2.33. The van der Waals surface area contributed by atoms with Crippen molar-refractivity contribution in [3.8, 4) is 0 Å². The molecule has 0 aliphatic rings. The predicted molar refractivity (Wildman–Crippen MR) is 151 cm³/mol. The lowest BCUT2D eigenvalue weighted by molar-refractivity contribution is -0.143. The van der Waals surface area contributed by atoms with E-state index in [1.165, 1.54) is 0 Å². The Kier molecular flexibility index (Phi) is 10.6. The van der Waals surface area contributed by atoms with Crippen LogP contribution in [0.1, 0.15) is 31.4 Å². The smallest absolute Gasteiger partial charge is 0.326 e. The first-order valence-electron chi connectivity index (χ1n) is 13.2. The van der Waals surface area contributed by atoms with E-state index < -0.39 is 66.2 Å². The Morgan fingerprint density at radius 3 is 2.07 bits per heavy atom. The molecule has 0 spiro atoms. The van der Waals surface area contributed by atoms with Gasteiger partial charge >= 0.3 is 11.9 Å². The van der Waals surface area contributed by atoms with E-state index in [0.29, 0.717) is 5.56 Å². The summed E-state index contributed by atoms with van der Waals surface area (Å²) in [7, 11) is 0. The first-order chi connectivity index (χ1) is 19.5. The van der Waals surface area contributed by atoms with Crippen LogP contribution in [0.5, 0.6) is 0 Å². The molecular formula is C29H35N5O7. The highest BCUT2D eigenvalue weighted by atomic mass is 16.4. The van der Waals surface area contributed by atoms with Crippen molar-refractivity contribution in [3.05, 3.63) is 71.9 Å². The van der Waals surface area contributed by atoms with Crippen molar-refractivity contribution in [1.82, 2.24) is 20.9 Å². The van der Waals surface area contributed by atoms with Gasteiger partial charge in [-0.25, -0.2) is 4.79 Å². The van der Waals surface area contributed by atoms with Crippen molar-refractivity contribution >= 4 is 40.6 Å². The first kappa shape index (κ1) is 30.8. The van der Waals surface area contributed by atoms with Gasteiger partial charge in [0.05, 0.1) is 12.5 Å². The number of rotatable bonds is 14. The van der Waals surface area contributed by atoms with Gasteiger partial charge in [-0.2, -0.15) is 0 Å². The van der Waals surface area contributed by atoms with Crippen LogP contribution in [0, 0.1) is 5.92 Å². The largest absolute Gasteiger partial charge is 0.481 e. The molecule has 1 heterocycles. The van der Waals surface area contributed by atoms with E-state index in [9.17, 15) is 34.2 Å². The number of nitrogens with one attached hydrogen (secondary N) is 4. The zero-order valence-electron chi connectivity index (χ0n) is 22.8. The van der Waals surface area contributed by atoms with Crippen LogP contribution in [0.15, 0.2) is 60.8 Å². The lowest BCUT2D eigenvalue weighted by atomic mass is 10.0. The second-order valence-corrected chi connectivity index (χ2v) is 10.1. The molecule has 12 heteroatoms. The number of hydrogen-bond acceptors (Lipinski definition) is 6. The predicted octanol–water partition coefficient (Wildman–Crippen LogP) is 0.950. The Bertz CT molecular complexity index is 1390. The van der Waals surface area contributed by atoms with Crippen LogP contribution >= 0.6 is 0 Å². The summed E-state index contributed by atoms with van der Waals surface area (Å²) >= 11 is 0. The van der Waals surface area contributed by atoms with Crippen LogP contribution in [0.4, 0.5) is 0 Å². The van der Waals surface area contributed by atoms with Gasteiger partial charge in [0.2, 0.25) is 17.7 Å². The molecule has 3 aromatic rings. The maximum Gasteiger partial charge on any atom is 0.326 e. The maximum absolute atomic E-state index is 13.2. The van der Waals surface area contributed by atoms with Gasteiger partial charge in [-0.3, -0.25) is 19.2 Å². The Balaban J connectivity index is 1.68. The van der Waals surface area contributed by atoms with Gasteiger partial charge in [0.25, 0.3) is 0 Å². The molecule has 1 aromatic heterocycles. The average molecular weight is 566 g/mol. The molecule has 218 valence electrons. The number of hydrogen-bond donors (Lipinski definition) is 7. The van der Waals surface area contributed by atoms with Crippen molar-refractivity contribution in [2.24, 2.45) is 11.7 Å². The molecule has 4 atom stereocenters. The summed E-state index contributed by atoms with van der Waals surface area (Å²) < 4.78 is 0. The molecule has 0 aliphatic heterocycles. The number of fused-ring (bicyclic) bond motifs is 1. The van der Waals surface area contributed by atoms with Gasteiger partial charge in [-0.05, 0) is 29.5 Å². The monoisotopic (exact) mass is 565 g/mol. The Morgan fingerprint density at radius 2 is 1.44 bits per heavy atom. The number of para-hydroxylation sites is 1. The third kappa shape index (κ3) is 8.64. The zero-order valence-corrected chi connectivity index (χ0v) is 22.8. The molecular weight excluding hydrogens is 530 g/mol. The Labute approximate surface area is 236 Å². The lowest BCUT2D eigenvalue weighted by Crippen LogP contribution is -2.59. The number of carbonyl (C=O) groups is 5. The minimum Gasteiger partial charge on any atom is -0.481 e. The van der Waals surface area contributed by atoms with Crippen molar-refractivity contribution in [3.63, 3.8) is 0 Å². The SMILES string of the molecule is CC(C)C(NC(=O)C(N)Cc1c[nH]c2ccccc12)C(=O)NC(CC(=O)O)C(=O)NC(Cc1ccccc1)C(=O)O. The van der Waals surface area contributed by atoms with Crippen LogP contribution in [0.3, 0.4) is 0 Å². The minimum absolute atomic E-state index is 0.0470. The molecule has 41 heavy (non-hydrogen) atoms. The van der Waals surface area contributed by atoms with Crippen molar-refractivity contribution in [1.29, 1.82) is 0 Å². The number of benzene rings is 2. The summed E-state index contributed by atoms with van der Waals surface area (Å²) in [6, 6.07) is 11.1. The van der Waals surface area contributed by atoms with Gasteiger partial charge < -0.3 is 36.9 Å². The number of aliphatic carboxylic acids is 2. The average Bonchev–Trinajstić information content (AvgIpc) is 3.33. The van der Waals surface area contributed by atoms with E-state index in [1.807, 2.05) is 24.3 Å². The number of aromatic nitrogens is 1. The highest BCUT2D eigenvalue weighted by molar-refractivity contribution is 5.96. The fourth-order valence-corrected chi connectivity index (χ4v) is 4.39. The van der Waals surface area contributed by atoms with Crippen molar-refractivity contribution < 1.29 is 34.2 Å². The molecule has 0 saturated heterocycles. The van der Waals surface area contributed by atoms with Crippen LogP contribution in [0.25, 0.3) is 10.9 Å². The summed E-state index contributed by atoms with van der Waals surface area (Å²) in [4.78, 5) is 65.5. The maximum atomic E-state index is 13.2. The third-order valence-corrected chi connectivity index (χ3v) is 6.61. The molecule has 0 radical (unpaired) electrons. The molecule has 0 aliphatic carbocycles. The number of H-pyrrole nitrogens is 1. The number of amides is 3. The standard InChI is InChI=1S/C29H35N5O7/c1-16(2)25(34-26(37)20(30)13-18-15-31-21-11-7-6-10-19(18)21)28(39)32-22(14-24(35)36)27(38)33-23(29(40)41)12-17-8-4-3-5-9-17/h3-11,15-16,20,22-23,25,31H,12-14,30H2,1-2H3,(H,32,39)(H,33,38)(H,34,37)(H,35,36)(H,40,41). The van der Waals surface area contributed by atoms with E-state index in [0.717, 1.165) is 16.5 Å². The quantitative estimate of drug-likeness (QED) is 0.150. The Hall–Kier alpha value is -4.71. The number of carboxylic acids is 2. The number of carboxylic acid groups (broad SMARTS) is 2. The first-order valence-corrected chi connectivity index (χ1v) is 13.2. The van der Waals surface area contributed by atoms with Gasteiger partial charge in [-0.15, -0.1) is 0 Å². The van der Waals surface area contributed by atoms with Crippen LogP contribution < -0.4 is 21.7 Å². The fourth-order valence-electron chi connectivity index (χ4n) is 4.39. The van der Waals surface area contributed by atoms with Crippen molar-refractivity contribution in [2.45, 2.75) is 57.3 Å². The summed E-state index contributed by atoms with van der Waals surface area (Å²) in [5, 5.41) is 27.2. The molecule has 0 bridgehead atoms. The molecule has 3 rings (SSSR count). The van der Waals surface area contributed by atoms with Crippen LogP contribution in [-0.2, 0) is 36.8 Å². The zero-order chi connectivity index (χ0) is 30.1. The van der Waals surface area contributed by atoms with Gasteiger partial charge in [0.1, 0.15) is 18.1 Å². The summed E-state index contributed by atoms with van der Waals surface area (Å²) in [6.07, 6.45) is 1.12. The van der Waals surface area contributed by atoms with Gasteiger partial charge in [0.15, 0.2) is 0 Å². The van der Waals surface area contributed by atoms with E-state index >= 15 is 0 Å². The second kappa shape index (κ2) is 14.1. The highest BCUT2D eigenvalue weighted by Crippen LogP contribution is 2.19. The minimum atomic E-state index is -1.59. The van der Waals surface area contributed by atoms with E-state index in [-0.39, 0.29) is 12.8 Å². The molecule has 4 unspecified atom stereocenters. The third-order valence-electron chi connectivity index (χ3n) is 6.61. The molecule has 0 fully saturated rings. The number of carbonyl (C=O) groups excluding carboxylic acids is 3. The number of nitrogens with two attached hydrogens (primary N) is 1. The fraction of sp³-hybridized carbons (Fsp3) is 0.345. The van der Waals surface area contributed by atoms with Crippen molar-refractivity contribution in [2.75, 3.05) is 0 Å². The van der Waals surface area contributed by atoms with E-state index in [4.69, 9.17) is 5.73 Å². The Morgan fingerprint density at radius 1 is 0.805 bits per heavy atom. The molecule has 3 amide bonds. The second-order valence-electron chi connectivity index (χ2n) is 10.1. The lowest BCUT2D eigenvalue weighted by Gasteiger charge is -2.26. The van der Waals surface area contributed by atoms with E-state index in [2.05, 4.69) is 20.9 Å². The molecule has 0 saturated carbocycles. The summed E-state index contributed by atoms with van der Waals surface area (Å²) in [5.41, 5.74) is 8.52. The van der Waals surface area contributed by atoms with Gasteiger partial charge in [-0.1, -0.05) is 62.4 Å². The van der Waals surface area contributed by atoms with Crippen LogP contribution in [0.2, 0.25) is 0 Å². The number of aromatic amines is 1. The van der Waals surface area contributed by atoms with Gasteiger partial charge in [0, 0.05) is 23.5 Å². The molecule has 12 nitrogen and oxygen atoms in total. The van der Waals surface area contributed by atoms with E-state index in [1.54, 1.807) is 50.4 Å². The molecule has 8 N–H and O–H groups in total. The summed E-state index contributed by atoms with van der Waals surface area (Å²) in [6.45, 7) is 3.34. The molecule has 2 aromatic carbocycles.